The molecular weight excluding hydrogens is 156 g/mol. The molecule has 1 N–H and O–H groups in total. The maximum Gasteiger partial charge on any atom is 0.113 e. The lowest BCUT2D eigenvalue weighted by Crippen LogP contribution is -2.48. The van der Waals surface area contributed by atoms with Crippen LogP contribution < -0.4 is 5.32 Å². The molecular formula is C8H15N2O2. The minimum absolute atomic E-state index is 0.298. The highest BCUT2D eigenvalue weighted by atomic mass is 16.5. The summed E-state index contributed by atoms with van der Waals surface area (Å²) in [6.45, 7) is 6.28. The summed E-state index contributed by atoms with van der Waals surface area (Å²) in [4.78, 5) is 2.31. The average Bonchev–Trinajstić information content (AvgIpc) is 2.21. The third kappa shape index (κ3) is 1.95. The van der Waals surface area contributed by atoms with E-state index < -0.39 is 0 Å². The summed E-state index contributed by atoms with van der Waals surface area (Å²) in [6, 6.07) is 0. The monoisotopic (exact) mass is 171 g/mol. The van der Waals surface area contributed by atoms with Crippen LogP contribution in [0.15, 0.2) is 0 Å². The van der Waals surface area contributed by atoms with Gasteiger partial charge in [-0.3, -0.25) is 10.2 Å². The van der Waals surface area contributed by atoms with Gasteiger partial charge >= 0.3 is 0 Å². The van der Waals surface area contributed by atoms with E-state index in [4.69, 9.17) is 9.47 Å². The minimum Gasteiger partial charge on any atom is -0.373 e. The second-order valence-corrected chi connectivity index (χ2v) is 3.09. The summed E-state index contributed by atoms with van der Waals surface area (Å²) in [5, 5.41) is 3.16. The van der Waals surface area contributed by atoms with Gasteiger partial charge in [-0.1, -0.05) is 0 Å². The van der Waals surface area contributed by atoms with E-state index in [1.165, 1.54) is 0 Å². The van der Waals surface area contributed by atoms with Crippen LogP contribution in [0.2, 0.25) is 0 Å². The first-order valence-corrected chi connectivity index (χ1v) is 4.46. The van der Waals surface area contributed by atoms with Crippen LogP contribution in [0.5, 0.6) is 0 Å². The van der Waals surface area contributed by atoms with Gasteiger partial charge in [0.1, 0.15) is 6.23 Å². The van der Waals surface area contributed by atoms with Crippen LogP contribution in [0.4, 0.5) is 0 Å². The molecule has 0 aromatic heterocycles. The number of nitrogens with one attached hydrogen (secondary N) is 1. The van der Waals surface area contributed by atoms with Crippen molar-refractivity contribution in [1.29, 1.82) is 0 Å². The maximum atomic E-state index is 5.56. The van der Waals surface area contributed by atoms with Crippen LogP contribution in [0.1, 0.15) is 6.42 Å². The van der Waals surface area contributed by atoms with Gasteiger partial charge in [-0.25, -0.2) is 0 Å². The van der Waals surface area contributed by atoms with Crippen LogP contribution in [-0.2, 0) is 9.47 Å². The SMILES string of the molecule is [CH]1CN(C2CCNCO2)CCO1. The van der Waals surface area contributed by atoms with E-state index >= 15 is 0 Å². The third-order valence-electron chi connectivity index (χ3n) is 2.28. The van der Waals surface area contributed by atoms with Gasteiger partial charge in [-0.15, -0.1) is 0 Å². The first-order chi connectivity index (χ1) is 5.97. The molecule has 4 heteroatoms. The number of hydrogen-bond acceptors (Lipinski definition) is 4. The molecule has 0 amide bonds. The molecule has 0 bridgehead atoms. The summed E-state index contributed by atoms with van der Waals surface area (Å²) < 4.78 is 10.7. The Morgan fingerprint density at radius 3 is 3.17 bits per heavy atom. The van der Waals surface area contributed by atoms with Gasteiger partial charge in [0.15, 0.2) is 0 Å². The van der Waals surface area contributed by atoms with E-state index in [1.807, 2.05) is 6.61 Å². The smallest absolute Gasteiger partial charge is 0.113 e. The topological polar surface area (TPSA) is 33.7 Å². The van der Waals surface area contributed by atoms with Crippen LogP contribution in [-0.4, -0.2) is 44.1 Å². The quantitative estimate of drug-likeness (QED) is 0.591. The standard InChI is InChI=1S/C8H15N2O2/c1-2-9-7-12-8(1)10-3-5-11-6-4-10/h5,8-9H,1-4,6-7H2. The van der Waals surface area contributed by atoms with Gasteiger partial charge < -0.3 is 9.47 Å². The fourth-order valence-electron chi connectivity index (χ4n) is 1.58. The molecule has 2 rings (SSSR count). The Kier molecular flexibility index (Phi) is 2.94. The Hall–Kier alpha value is -0.160. The van der Waals surface area contributed by atoms with Gasteiger partial charge in [0.05, 0.1) is 19.9 Å². The highest BCUT2D eigenvalue weighted by molar-refractivity contribution is 4.74. The number of nitrogens with zero attached hydrogens (tertiary/aromatic N) is 1. The first-order valence-electron chi connectivity index (χ1n) is 4.46. The van der Waals surface area contributed by atoms with Gasteiger partial charge in [0.2, 0.25) is 0 Å². The van der Waals surface area contributed by atoms with Crippen molar-refractivity contribution in [3.63, 3.8) is 0 Å². The largest absolute Gasteiger partial charge is 0.373 e. The molecule has 2 heterocycles. The fraction of sp³-hybridized carbons (Fsp3) is 0.875. The molecule has 0 spiro atoms. The molecule has 2 saturated heterocycles. The lowest BCUT2D eigenvalue weighted by molar-refractivity contribution is -0.108. The van der Waals surface area contributed by atoms with Crippen molar-refractivity contribution < 1.29 is 9.47 Å². The number of rotatable bonds is 1. The zero-order valence-corrected chi connectivity index (χ0v) is 7.16. The van der Waals surface area contributed by atoms with Crippen molar-refractivity contribution in [2.24, 2.45) is 0 Å². The van der Waals surface area contributed by atoms with Crippen LogP contribution in [0.3, 0.4) is 0 Å². The second kappa shape index (κ2) is 4.18. The van der Waals surface area contributed by atoms with E-state index in [2.05, 4.69) is 10.2 Å². The van der Waals surface area contributed by atoms with Crippen molar-refractivity contribution in [1.82, 2.24) is 10.2 Å². The molecule has 2 fully saturated rings. The van der Waals surface area contributed by atoms with Crippen molar-refractivity contribution in [2.45, 2.75) is 12.6 Å². The van der Waals surface area contributed by atoms with Crippen LogP contribution in [0, 0.1) is 6.61 Å². The van der Waals surface area contributed by atoms with Gasteiger partial charge in [-0.2, -0.15) is 0 Å². The molecule has 4 nitrogen and oxygen atoms in total. The average molecular weight is 171 g/mol. The Morgan fingerprint density at radius 1 is 1.50 bits per heavy atom. The molecule has 1 atom stereocenters. The molecule has 1 radical (unpaired) electrons. The third-order valence-corrected chi connectivity index (χ3v) is 2.28. The first kappa shape index (κ1) is 8.44. The number of ether oxygens (including phenoxy) is 2. The van der Waals surface area contributed by atoms with Gasteiger partial charge in [0.25, 0.3) is 0 Å². The Balaban J connectivity index is 1.80. The predicted octanol–water partition coefficient (Wildman–Crippen LogP) is -0.226. The van der Waals surface area contributed by atoms with E-state index in [0.29, 0.717) is 13.0 Å². The lowest BCUT2D eigenvalue weighted by atomic mass is 10.3. The molecule has 0 aromatic rings. The van der Waals surface area contributed by atoms with Crippen molar-refractivity contribution >= 4 is 0 Å². The van der Waals surface area contributed by atoms with E-state index in [9.17, 15) is 0 Å². The summed E-state index contributed by atoms with van der Waals surface area (Å²) in [5.41, 5.74) is 0. The van der Waals surface area contributed by atoms with Crippen molar-refractivity contribution in [3.8, 4) is 0 Å². The Morgan fingerprint density at radius 2 is 2.50 bits per heavy atom. The molecule has 12 heavy (non-hydrogen) atoms. The van der Waals surface area contributed by atoms with Crippen LogP contribution in [0.25, 0.3) is 0 Å². The number of hydrogen-bond donors (Lipinski definition) is 1. The maximum absolute atomic E-state index is 5.56. The molecule has 0 aliphatic carbocycles. The van der Waals surface area contributed by atoms with Crippen LogP contribution >= 0.6 is 0 Å². The summed E-state index contributed by atoms with van der Waals surface area (Å²) >= 11 is 0. The van der Waals surface area contributed by atoms with E-state index in [1.54, 1.807) is 0 Å². The fourth-order valence-corrected chi connectivity index (χ4v) is 1.58. The predicted molar refractivity (Wildman–Crippen MR) is 44.2 cm³/mol. The second-order valence-electron chi connectivity index (χ2n) is 3.09. The van der Waals surface area contributed by atoms with Crippen molar-refractivity contribution in [2.75, 3.05) is 33.0 Å². The van der Waals surface area contributed by atoms with E-state index in [-0.39, 0.29) is 0 Å². The molecule has 69 valence electrons. The Labute approximate surface area is 72.8 Å². The number of morpholine rings is 1. The molecule has 2 aliphatic rings. The molecule has 0 saturated carbocycles. The zero-order chi connectivity index (χ0) is 8.23. The van der Waals surface area contributed by atoms with Gasteiger partial charge in [0, 0.05) is 19.6 Å². The zero-order valence-electron chi connectivity index (χ0n) is 7.16. The highest BCUT2D eigenvalue weighted by Crippen LogP contribution is 2.11. The molecule has 0 aromatic carbocycles. The molecule has 2 aliphatic heterocycles. The normalized spacial score (nSPS) is 33.5. The molecule has 1 unspecified atom stereocenters. The van der Waals surface area contributed by atoms with E-state index in [0.717, 1.165) is 32.7 Å². The van der Waals surface area contributed by atoms with Gasteiger partial charge in [-0.05, 0) is 6.42 Å². The minimum atomic E-state index is 0.298. The summed E-state index contributed by atoms with van der Waals surface area (Å²) in [7, 11) is 0. The Bertz CT molecular complexity index is 115. The lowest BCUT2D eigenvalue weighted by Gasteiger charge is -2.36. The van der Waals surface area contributed by atoms with Crippen molar-refractivity contribution in [3.05, 3.63) is 6.61 Å². The highest BCUT2D eigenvalue weighted by Gasteiger charge is 2.23. The summed E-state index contributed by atoms with van der Waals surface area (Å²) in [6.07, 6.45) is 1.37. The summed E-state index contributed by atoms with van der Waals surface area (Å²) in [5.74, 6) is 0.